The molecule has 0 aromatic heterocycles. The van der Waals surface area contributed by atoms with Gasteiger partial charge in [0, 0.05) is 12.0 Å². The van der Waals surface area contributed by atoms with Gasteiger partial charge >= 0.3 is 0 Å². The first-order valence-electron chi connectivity index (χ1n) is 12.4. The van der Waals surface area contributed by atoms with Gasteiger partial charge in [0.1, 0.15) is 5.84 Å². The van der Waals surface area contributed by atoms with Gasteiger partial charge in [-0.15, -0.1) is 0 Å². The van der Waals surface area contributed by atoms with Crippen molar-refractivity contribution in [2.24, 2.45) is 21.1 Å². The number of para-hydroxylation sites is 1. The molecule has 3 heteroatoms. The lowest BCUT2D eigenvalue weighted by molar-refractivity contribution is 0.420. The molecule has 0 spiro atoms. The summed E-state index contributed by atoms with van der Waals surface area (Å²) in [5.41, 5.74) is 11.4. The van der Waals surface area contributed by atoms with Crippen molar-refractivity contribution < 1.29 is 0 Å². The van der Waals surface area contributed by atoms with Gasteiger partial charge < -0.3 is 5.73 Å². The Morgan fingerprint density at radius 1 is 0.969 bits per heavy atom. The van der Waals surface area contributed by atoms with Gasteiger partial charge in [0.2, 0.25) is 0 Å². The molecule has 3 nitrogen and oxygen atoms in total. The van der Waals surface area contributed by atoms with Crippen LogP contribution in [0.4, 0.5) is 5.69 Å². The molecule has 1 saturated carbocycles. The quantitative estimate of drug-likeness (QED) is 0.528. The molecule has 0 saturated heterocycles. The Hall–Kier alpha value is -2.42. The predicted octanol–water partition coefficient (Wildman–Crippen LogP) is 7.87. The molecule has 4 rings (SSSR count). The lowest BCUT2D eigenvalue weighted by Gasteiger charge is -2.22. The molecule has 2 aromatic rings. The molecule has 0 radical (unpaired) electrons. The Morgan fingerprint density at radius 2 is 1.66 bits per heavy atom. The van der Waals surface area contributed by atoms with E-state index in [9.17, 15) is 0 Å². The second kappa shape index (κ2) is 10.5. The minimum atomic E-state index is 0.185. The van der Waals surface area contributed by atoms with Crippen LogP contribution in [0.25, 0.3) is 0 Å². The third-order valence-electron chi connectivity index (χ3n) is 7.42. The fourth-order valence-electron chi connectivity index (χ4n) is 5.00. The number of aryl methyl sites for hydroxylation is 1. The van der Waals surface area contributed by atoms with E-state index in [-0.39, 0.29) is 5.41 Å². The zero-order chi connectivity index (χ0) is 23.2. The molecule has 1 fully saturated rings. The van der Waals surface area contributed by atoms with Crippen molar-refractivity contribution in [1.82, 2.24) is 0 Å². The van der Waals surface area contributed by atoms with E-state index < -0.39 is 0 Å². The number of nitrogens with zero attached hydrogens (tertiary/aromatic N) is 2. The summed E-state index contributed by atoms with van der Waals surface area (Å²) in [7, 11) is 0. The Bertz CT molecular complexity index is 972. The fraction of sp³-hybridized carbons (Fsp3) is 0.517. The normalized spacial score (nSPS) is 26.0. The molecule has 2 N–H and O–H groups in total. The summed E-state index contributed by atoms with van der Waals surface area (Å²) in [5.74, 6) is 1.43. The second-order valence-electron chi connectivity index (χ2n) is 10.0. The summed E-state index contributed by atoms with van der Waals surface area (Å²) in [6.07, 6.45) is 9.68. The number of hydrogen-bond acceptors (Lipinski definition) is 2. The van der Waals surface area contributed by atoms with Crippen LogP contribution < -0.4 is 5.73 Å². The van der Waals surface area contributed by atoms with E-state index in [4.69, 9.17) is 15.7 Å². The largest absolute Gasteiger partial charge is 0.387 e. The number of amidine groups is 2. The number of fused-ring (bicyclic) bond motifs is 3. The van der Waals surface area contributed by atoms with Crippen molar-refractivity contribution in [3.05, 3.63) is 65.2 Å². The smallest absolute Gasteiger partial charge is 0.162 e. The lowest BCUT2D eigenvalue weighted by atomic mass is 9.83. The van der Waals surface area contributed by atoms with Crippen LogP contribution in [0, 0.1) is 12.3 Å². The Morgan fingerprint density at radius 3 is 2.34 bits per heavy atom. The molecule has 1 unspecified atom stereocenters. The molecule has 0 amide bonds. The van der Waals surface area contributed by atoms with Gasteiger partial charge in [-0.05, 0) is 54.2 Å². The Balaban J connectivity index is 0.000000523. The number of benzene rings is 2. The molecule has 32 heavy (non-hydrogen) atoms. The minimum Gasteiger partial charge on any atom is -0.387 e. The second-order valence-corrected chi connectivity index (χ2v) is 10.0. The van der Waals surface area contributed by atoms with Crippen molar-refractivity contribution in [3.8, 4) is 0 Å². The van der Waals surface area contributed by atoms with E-state index in [0.29, 0.717) is 11.3 Å². The average Bonchev–Trinajstić information content (AvgIpc) is 3.35. The van der Waals surface area contributed by atoms with E-state index in [1.807, 2.05) is 18.2 Å². The minimum absolute atomic E-state index is 0.185. The van der Waals surface area contributed by atoms with Crippen LogP contribution in [0.5, 0.6) is 0 Å². The van der Waals surface area contributed by atoms with E-state index >= 15 is 0 Å². The zero-order valence-electron chi connectivity index (χ0n) is 20.7. The maximum absolute atomic E-state index is 6.30. The molecular formula is C29H41N3. The van der Waals surface area contributed by atoms with Crippen molar-refractivity contribution in [2.45, 2.75) is 91.4 Å². The summed E-state index contributed by atoms with van der Waals surface area (Å²) < 4.78 is 0. The number of rotatable bonds is 3. The third-order valence-corrected chi connectivity index (χ3v) is 7.42. The van der Waals surface area contributed by atoms with Crippen LogP contribution in [0.1, 0.15) is 95.8 Å². The first-order valence-corrected chi connectivity index (χ1v) is 12.4. The van der Waals surface area contributed by atoms with Crippen LogP contribution in [-0.2, 0) is 5.41 Å². The standard InChI is InChI=1S/C24H29N3.C5H12/c1-17-10-4-7-13-20(17)26-22-18-11-5-6-12-19(18)24(3)16-23(24,2)15-9-8-14-21(25)27-22;1-3-5-4-2/h4-7,10-13H,8-9,14-16H2,1-3H3,(H2,25,26,27);3-5H2,1-2H3/t23-,24?;/m1./s1. The molecule has 2 atom stereocenters. The highest BCUT2D eigenvalue weighted by atomic mass is 15.0. The molecule has 1 aliphatic carbocycles. The van der Waals surface area contributed by atoms with Gasteiger partial charge in [0.05, 0.1) is 5.69 Å². The molecule has 172 valence electrons. The monoisotopic (exact) mass is 431 g/mol. The van der Waals surface area contributed by atoms with Gasteiger partial charge in [-0.25, -0.2) is 9.98 Å². The summed E-state index contributed by atoms with van der Waals surface area (Å²) in [6, 6.07) is 16.8. The van der Waals surface area contributed by atoms with Crippen LogP contribution in [0.15, 0.2) is 58.5 Å². The maximum Gasteiger partial charge on any atom is 0.162 e. The number of unbranched alkanes of at least 4 members (excludes halogenated alkanes) is 2. The Kier molecular flexibility index (Phi) is 7.92. The fourth-order valence-corrected chi connectivity index (χ4v) is 5.00. The molecule has 0 bridgehead atoms. The summed E-state index contributed by atoms with van der Waals surface area (Å²) in [5, 5.41) is 0. The topological polar surface area (TPSA) is 50.7 Å². The van der Waals surface area contributed by atoms with Crippen LogP contribution in [0.2, 0.25) is 0 Å². The van der Waals surface area contributed by atoms with Gasteiger partial charge in [0.25, 0.3) is 0 Å². The lowest BCUT2D eigenvalue weighted by Crippen LogP contribution is -2.18. The number of hydrogen-bond donors (Lipinski definition) is 1. The highest BCUT2D eigenvalue weighted by Gasteiger charge is 2.61. The Labute approximate surface area is 195 Å². The number of aliphatic imine (C=N–C) groups is 2. The number of nitrogens with two attached hydrogens (primary N) is 1. The summed E-state index contributed by atoms with van der Waals surface area (Å²) >= 11 is 0. The first kappa shape index (κ1) is 24.2. The van der Waals surface area contributed by atoms with E-state index in [1.54, 1.807) is 0 Å². The summed E-state index contributed by atoms with van der Waals surface area (Å²) in [4.78, 5) is 9.78. The highest BCUT2D eigenvalue weighted by molar-refractivity contribution is 6.08. The van der Waals surface area contributed by atoms with Gasteiger partial charge in [0.15, 0.2) is 5.84 Å². The predicted molar refractivity (Wildman–Crippen MR) is 139 cm³/mol. The van der Waals surface area contributed by atoms with E-state index in [0.717, 1.165) is 35.5 Å². The van der Waals surface area contributed by atoms with Crippen LogP contribution >= 0.6 is 0 Å². The van der Waals surface area contributed by atoms with Crippen molar-refractivity contribution in [3.63, 3.8) is 0 Å². The van der Waals surface area contributed by atoms with Crippen molar-refractivity contribution >= 4 is 17.4 Å². The SMILES string of the molecule is CCCCC.Cc1ccccc1N=C1N=C(N)CCCC[C@]2(C)CC2(C)c2ccccc21. The highest BCUT2D eigenvalue weighted by Crippen LogP contribution is 2.67. The third kappa shape index (κ3) is 5.31. The molecule has 2 aromatic carbocycles. The molecule has 1 aliphatic heterocycles. The molecule has 1 heterocycles. The zero-order valence-corrected chi connectivity index (χ0v) is 20.7. The summed E-state index contributed by atoms with van der Waals surface area (Å²) in [6.45, 7) is 11.3. The maximum atomic E-state index is 6.30. The van der Waals surface area contributed by atoms with E-state index in [2.05, 4.69) is 65.0 Å². The van der Waals surface area contributed by atoms with Crippen molar-refractivity contribution in [1.29, 1.82) is 0 Å². The van der Waals surface area contributed by atoms with Gasteiger partial charge in [-0.1, -0.05) is 95.8 Å². The molecular weight excluding hydrogens is 390 g/mol. The van der Waals surface area contributed by atoms with Gasteiger partial charge in [-0.3, -0.25) is 0 Å². The van der Waals surface area contributed by atoms with Crippen LogP contribution in [-0.4, -0.2) is 11.7 Å². The van der Waals surface area contributed by atoms with E-state index in [1.165, 1.54) is 44.1 Å². The van der Waals surface area contributed by atoms with Crippen molar-refractivity contribution in [2.75, 3.05) is 0 Å². The van der Waals surface area contributed by atoms with Crippen LogP contribution in [0.3, 0.4) is 0 Å². The first-order chi connectivity index (χ1) is 15.3. The van der Waals surface area contributed by atoms with Gasteiger partial charge in [-0.2, -0.15) is 0 Å². The molecule has 2 aliphatic rings. The average molecular weight is 432 g/mol.